The van der Waals surface area contributed by atoms with E-state index in [1.165, 1.54) is 0 Å². The van der Waals surface area contributed by atoms with Gasteiger partial charge < -0.3 is 19.2 Å². The van der Waals surface area contributed by atoms with E-state index in [-0.39, 0.29) is 18.7 Å². The quantitative estimate of drug-likeness (QED) is 0.903. The van der Waals surface area contributed by atoms with Gasteiger partial charge in [-0.25, -0.2) is 9.78 Å². The van der Waals surface area contributed by atoms with E-state index in [4.69, 9.17) is 14.3 Å². The number of nitrogens with zero attached hydrogens (tertiary/aromatic N) is 2. The highest BCUT2D eigenvalue weighted by molar-refractivity contribution is 5.69. The minimum Gasteiger partial charge on any atom is -0.444 e. The van der Waals surface area contributed by atoms with Crippen molar-refractivity contribution >= 4 is 6.09 Å². The first-order valence-corrected chi connectivity index (χ1v) is 6.43. The zero-order valence-corrected chi connectivity index (χ0v) is 11.5. The lowest BCUT2D eigenvalue weighted by molar-refractivity contribution is -0.00582. The molecule has 0 saturated carbocycles. The van der Waals surface area contributed by atoms with Gasteiger partial charge in [-0.15, -0.1) is 0 Å². The van der Waals surface area contributed by atoms with E-state index in [0.29, 0.717) is 24.6 Å². The van der Waals surface area contributed by atoms with Gasteiger partial charge in [0.15, 0.2) is 0 Å². The first kappa shape index (κ1) is 13.9. The number of ether oxygens (including phenoxy) is 1. The standard InChI is InChI=1S/C13H20N2O4/c1-13(2,3)19-12(17)15-5-4-9(15)6-10-7-14-11(8-16)18-10/h7,9,16H,4-6,8H2,1-3H3. The Morgan fingerprint density at radius 2 is 2.37 bits per heavy atom. The molecule has 106 valence electrons. The Kier molecular flexibility index (Phi) is 3.80. The largest absolute Gasteiger partial charge is 0.444 e. The van der Waals surface area contributed by atoms with Gasteiger partial charge in [-0.2, -0.15) is 0 Å². The van der Waals surface area contributed by atoms with Crippen molar-refractivity contribution in [3.05, 3.63) is 17.8 Å². The van der Waals surface area contributed by atoms with Crippen molar-refractivity contribution in [1.29, 1.82) is 0 Å². The third-order valence-electron chi connectivity index (χ3n) is 2.95. The topological polar surface area (TPSA) is 75.8 Å². The van der Waals surface area contributed by atoms with Gasteiger partial charge in [0.05, 0.1) is 6.20 Å². The molecular weight excluding hydrogens is 248 g/mol. The normalized spacial score (nSPS) is 19.2. The molecule has 2 rings (SSSR count). The number of carbonyl (C=O) groups is 1. The van der Waals surface area contributed by atoms with E-state index in [1.807, 2.05) is 20.8 Å². The molecule has 1 fully saturated rings. The smallest absolute Gasteiger partial charge is 0.410 e. The second-order valence-electron chi connectivity index (χ2n) is 5.70. The van der Waals surface area contributed by atoms with Crippen LogP contribution in [0.2, 0.25) is 0 Å². The van der Waals surface area contributed by atoms with Crippen LogP contribution in [0.1, 0.15) is 38.8 Å². The maximum Gasteiger partial charge on any atom is 0.410 e. The monoisotopic (exact) mass is 268 g/mol. The molecular formula is C13H20N2O4. The summed E-state index contributed by atoms with van der Waals surface area (Å²) in [4.78, 5) is 17.5. The highest BCUT2D eigenvalue weighted by Crippen LogP contribution is 2.24. The summed E-state index contributed by atoms with van der Waals surface area (Å²) in [5.41, 5.74) is -0.479. The number of aliphatic hydroxyl groups excluding tert-OH is 1. The Morgan fingerprint density at radius 3 is 2.84 bits per heavy atom. The van der Waals surface area contributed by atoms with Crippen molar-refractivity contribution in [2.75, 3.05) is 6.54 Å². The van der Waals surface area contributed by atoms with Crippen LogP contribution in [0.25, 0.3) is 0 Å². The summed E-state index contributed by atoms with van der Waals surface area (Å²) < 4.78 is 10.7. The molecule has 19 heavy (non-hydrogen) atoms. The van der Waals surface area contributed by atoms with Crippen LogP contribution < -0.4 is 0 Å². The number of aromatic nitrogens is 1. The third-order valence-corrected chi connectivity index (χ3v) is 2.95. The van der Waals surface area contributed by atoms with Crippen molar-refractivity contribution in [2.24, 2.45) is 0 Å². The fourth-order valence-corrected chi connectivity index (χ4v) is 1.96. The van der Waals surface area contributed by atoms with E-state index < -0.39 is 5.60 Å². The van der Waals surface area contributed by atoms with Crippen LogP contribution in [0.3, 0.4) is 0 Å². The molecule has 2 heterocycles. The minimum absolute atomic E-state index is 0.0920. The second-order valence-corrected chi connectivity index (χ2v) is 5.70. The zero-order valence-electron chi connectivity index (χ0n) is 11.5. The van der Waals surface area contributed by atoms with E-state index in [1.54, 1.807) is 11.1 Å². The van der Waals surface area contributed by atoms with Gasteiger partial charge in [-0.1, -0.05) is 0 Å². The zero-order chi connectivity index (χ0) is 14.0. The van der Waals surface area contributed by atoms with Crippen LogP contribution in [-0.2, 0) is 17.8 Å². The van der Waals surface area contributed by atoms with E-state index in [0.717, 1.165) is 6.42 Å². The lowest BCUT2D eigenvalue weighted by atomic mass is 9.99. The Balaban J connectivity index is 1.90. The minimum atomic E-state index is -0.479. The predicted molar refractivity (Wildman–Crippen MR) is 67.5 cm³/mol. The van der Waals surface area contributed by atoms with Gasteiger partial charge in [0.2, 0.25) is 5.89 Å². The number of amides is 1. The van der Waals surface area contributed by atoms with Gasteiger partial charge in [0.1, 0.15) is 18.0 Å². The first-order chi connectivity index (χ1) is 8.89. The number of oxazole rings is 1. The molecule has 0 aromatic carbocycles. The number of hydrogen-bond acceptors (Lipinski definition) is 5. The van der Waals surface area contributed by atoms with Gasteiger partial charge >= 0.3 is 6.09 Å². The third kappa shape index (κ3) is 3.47. The van der Waals surface area contributed by atoms with Crippen molar-refractivity contribution in [3.63, 3.8) is 0 Å². The number of hydrogen-bond donors (Lipinski definition) is 1. The number of likely N-dealkylation sites (tertiary alicyclic amines) is 1. The lowest BCUT2D eigenvalue weighted by Crippen LogP contribution is -2.53. The van der Waals surface area contributed by atoms with Gasteiger partial charge in [-0.05, 0) is 27.2 Å². The van der Waals surface area contributed by atoms with Crippen molar-refractivity contribution in [1.82, 2.24) is 9.88 Å². The van der Waals surface area contributed by atoms with E-state index in [9.17, 15) is 4.79 Å². The molecule has 1 saturated heterocycles. The maximum absolute atomic E-state index is 11.9. The lowest BCUT2D eigenvalue weighted by Gasteiger charge is -2.41. The number of aliphatic hydroxyl groups is 1. The van der Waals surface area contributed by atoms with Crippen LogP contribution in [0.5, 0.6) is 0 Å². The number of rotatable bonds is 3. The molecule has 1 aliphatic heterocycles. The highest BCUT2D eigenvalue weighted by atomic mass is 16.6. The molecule has 0 radical (unpaired) electrons. The summed E-state index contributed by atoms with van der Waals surface area (Å²) in [7, 11) is 0. The molecule has 0 aliphatic carbocycles. The van der Waals surface area contributed by atoms with Crippen LogP contribution in [-0.4, -0.2) is 39.3 Å². The predicted octanol–water partition coefficient (Wildman–Crippen LogP) is 1.72. The molecule has 1 aliphatic rings. The SMILES string of the molecule is CC(C)(C)OC(=O)N1CCC1Cc1cnc(CO)o1. The van der Waals surface area contributed by atoms with Gasteiger partial charge in [0, 0.05) is 19.0 Å². The fraction of sp³-hybridized carbons (Fsp3) is 0.692. The number of carbonyl (C=O) groups excluding carboxylic acids is 1. The molecule has 1 aromatic rings. The second kappa shape index (κ2) is 5.21. The average molecular weight is 268 g/mol. The van der Waals surface area contributed by atoms with E-state index >= 15 is 0 Å². The van der Waals surface area contributed by atoms with Crippen LogP contribution in [0.4, 0.5) is 4.79 Å². The molecule has 6 nitrogen and oxygen atoms in total. The Morgan fingerprint density at radius 1 is 1.63 bits per heavy atom. The summed E-state index contributed by atoms with van der Waals surface area (Å²) in [5.74, 6) is 0.987. The van der Waals surface area contributed by atoms with Crippen LogP contribution in [0.15, 0.2) is 10.6 Å². The van der Waals surface area contributed by atoms with Crippen LogP contribution in [0, 0.1) is 0 Å². The molecule has 1 amide bonds. The highest BCUT2D eigenvalue weighted by Gasteiger charge is 2.35. The average Bonchev–Trinajstić information content (AvgIpc) is 2.69. The summed E-state index contributed by atoms with van der Waals surface area (Å²) in [5, 5.41) is 8.88. The molecule has 0 spiro atoms. The summed E-state index contributed by atoms with van der Waals surface area (Å²) in [6.07, 6.45) is 2.84. The fourth-order valence-electron chi connectivity index (χ4n) is 1.96. The van der Waals surface area contributed by atoms with Gasteiger partial charge in [0.25, 0.3) is 0 Å². The van der Waals surface area contributed by atoms with Crippen molar-refractivity contribution < 1.29 is 19.1 Å². The summed E-state index contributed by atoms with van der Waals surface area (Å²) in [6.45, 7) is 6.05. The molecule has 1 N–H and O–H groups in total. The first-order valence-electron chi connectivity index (χ1n) is 6.43. The Labute approximate surface area is 112 Å². The van der Waals surface area contributed by atoms with Gasteiger partial charge in [-0.3, -0.25) is 0 Å². The Bertz CT molecular complexity index is 450. The summed E-state index contributed by atoms with van der Waals surface area (Å²) in [6, 6.07) is 0.0920. The van der Waals surface area contributed by atoms with Crippen LogP contribution >= 0.6 is 0 Å². The maximum atomic E-state index is 11.9. The molecule has 1 atom stereocenters. The molecule has 1 aromatic heterocycles. The Hall–Kier alpha value is -1.56. The molecule has 1 unspecified atom stereocenters. The van der Waals surface area contributed by atoms with E-state index in [2.05, 4.69) is 4.98 Å². The molecule has 6 heteroatoms. The van der Waals surface area contributed by atoms with Crippen molar-refractivity contribution in [3.8, 4) is 0 Å². The molecule has 0 bridgehead atoms. The van der Waals surface area contributed by atoms with Crippen molar-refractivity contribution in [2.45, 2.75) is 51.9 Å². The summed E-state index contributed by atoms with van der Waals surface area (Å²) >= 11 is 0.